The molecule has 0 aliphatic rings. The lowest BCUT2D eigenvalue weighted by Gasteiger charge is -1.99. The lowest BCUT2D eigenvalue weighted by Crippen LogP contribution is -2.01. The molecular formula is C18H12ClN3O2. The molecule has 0 fully saturated rings. The molecule has 0 bridgehead atoms. The monoisotopic (exact) mass is 337 g/mol. The topological polar surface area (TPSA) is 57.0 Å². The Hall–Kier alpha value is -3.10. The van der Waals surface area contributed by atoms with Crippen LogP contribution in [0.3, 0.4) is 0 Å². The Morgan fingerprint density at radius 1 is 1.12 bits per heavy atom. The van der Waals surface area contributed by atoms with Crippen LogP contribution in [0.25, 0.3) is 5.69 Å². The highest BCUT2D eigenvalue weighted by Crippen LogP contribution is 2.12. The van der Waals surface area contributed by atoms with E-state index in [2.05, 4.69) is 22.2 Å². The first-order valence-corrected chi connectivity index (χ1v) is 7.49. The number of benzene rings is 2. The van der Waals surface area contributed by atoms with Gasteiger partial charge in [0.1, 0.15) is 12.3 Å². The van der Waals surface area contributed by atoms with Gasteiger partial charge in [0.05, 0.1) is 11.9 Å². The summed E-state index contributed by atoms with van der Waals surface area (Å²) < 4.78 is 6.65. The van der Waals surface area contributed by atoms with Gasteiger partial charge in [0.15, 0.2) is 0 Å². The lowest BCUT2D eigenvalue weighted by atomic mass is 10.2. The summed E-state index contributed by atoms with van der Waals surface area (Å²) in [4.78, 5) is 11.6. The molecule has 5 nitrogen and oxygen atoms in total. The van der Waals surface area contributed by atoms with E-state index in [0.29, 0.717) is 10.7 Å². The van der Waals surface area contributed by atoms with Gasteiger partial charge in [-0.1, -0.05) is 40.9 Å². The number of hydrogen-bond acceptors (Lipinski definition) is 4. The van der Waals surface area contributed by atoms with E-state index < -0.39 is 5.97 Å². The zero-order chi connectivity index (χ0) is 16.8. The fraction of sp³-hybridized carbons (Fsp3) is 0.0556. The van der Waals surface area contributed by atoms with Crippen molar-refractivity contribution in [1.29, 1.82) is 0 Å². The van der Waals surface area contributed by atoms with Gasteiger partial charge in [-0.3, -0.25) is 0 Å². The number of aromatic nitrogens is 3. The summed E-state index contributed by atoms with van der Waals surface area (Å²) >= 11 is 5.85. The Morgan fingerprint density at radius 3 is 2.62 bits per heavy atom. The molecule has 0 aliphatic heterocycles. The molecule has 0 N–H and O–H groups in total. The number of rotatable bonds is 3. The molecule has 1 heterocycles. The highest BCUT2D eigenvalue weighted by Gasteiger charge is 2.05. The maximum atomic E-state index is 11.6. The highest BCUT2D eigenvalue weighted by atomic mass is 35.5. The van der Waals surface area contributed by atoms with Crippen LogP contribution in [0.15, 0.2) is 60.8 Å². The fourth-order valence-electron chi connectivity index (χ4n) is 1.90. The summed E-state index contributed by atoms with van der Waals surface area (Å²) in [6.45, 7) is 0.00981. The third kappa shape index (κ3) is 4.22. The molecule has 6 heteroatoms. The van der Waals surface area contributed by atoms with Gasteiger partial charge >= 0.3 is 5.97 Å². The van der Waals surface area contributed by atoms with E-state index in [1.54, 1.807) is 23.0 Å². The van der Waals surface area contributed by atoms with Gasteiger partial charge in [-0.15, -0.1) is 5.10 Å². The van der Waals surface area contributed by atoms with Gasteiger partial charge in [-0.2, -0.15) is 0 Å². The Morgan fingerprint density at radius 2 is 1.88 bits per heavy atom. The van der Waals surface area contributed by atoms with E-state index in [1.807, 2.05) is 42.5 Å². The third-order valence-corrected chi connectivity index (χ3v) is 3.32. The maximum absolute atomic E-state index is 11.6. The summed E-state index contributed by atoms with van der Waals surface area (Å²) in [5, 5.41) is 8.59. The van der Waals surface area contributed by atoms with Crippen LogP contribution >= 0.6 is 11.6 Å². The van der Waals surface area contributed by atoms with Crippen LogP contribution in [0, 0.1) is 11.8 Å². The van der Waals surface area contributed by atoms with Gasteiger partial charge in [-0.25, -0.2) is 9.48 Å². The highest BCUT2D eigenvalue weighted by molar-refractivity contribution is 6.30. The molecule has 0 saturated carbocycles. The Bertz CT molecular complexity index is 893. The largest absolute Gasteiger partial charge is 0.449 e. The van der Waals surface area contributed by atoms with Gasteiger partial charge in [0.2, 0.25) is 0 Å². The number of carbonyl (C=O) groups excluding carboxylic acids is 1. The minimum absolute atomic E-state index is 0.00981. The first-order valence-electron chi connectivity index (χ1n) is 7.12. The molecule has 0 aliphatic carbocycles. The van der Waals surface area contributed by atoms with Crippen molar-refractivity contribution in [3.63, 3.8) is 0 Å². The zero-order valence-corrected chi connectivity index (χ0v) is 13.3. The van der Waals surface area contributed by atoms with Crippen molar-refractivity contribution in [1.82, 2.24) is 15.0 Å². The second-order valence-electron chi connectivity index (χ2n) is 4.82. The summed E-state index contributed by atoms with van der Waals surface area (Å²) in [5.74, 6) is 4.56. The van der Waals surface area contributed by atoms with Crippen molar-refractivity contribution in [2.75, 3.05) is 0 Å². The number of esters is 1. The molecule has 0 amide bonds. The molecular weight excluding hydrogens is 326 g/mol. The predicted octanol–water partition coefficient (Wildman–Crippen LogP) is 3.02. The average molecular weight is 338 g/mol. The van der Waals surface area contributed by atoms with Gasteiger partial charge in [0.25, 0.3) is 0 Å². The van der Waals surface area contributed by atoms with Crippen LogP contribution in [-0.4, -0.2) is 21.0 Å². The molecule has 3 aromatic rings. The molecule has 3 rings (SSSR count). The van der Waals surface area contributed by atoms with E-state index in [1.165, 1.54) is 0 Å². The molecule has 1 aromatic heterocycles. The van der Waals surface area contributed by atoms with Crippen molar-refractivity contribution in [3.8, 4) is 17.5 Å². The molecule has 24 heavy (non-hydrogen) atoms. The first kappa shape index (κ1) is 15.8. The molecule has 0 spiro atoms. The fourth-order valence-corrected chi connectivity index (χ4v) is 2.03. The Balaban J connectivity index is 1.58. The van der Waals surface area contributed by atoms with E-state index in [9.17, 15) is 4.79 Å². The van der Waals surface area contributed by atoms with Crippen molar-refractivity contribution < 1.29 is 9.53 Å². The van der Waals surface area contributed by atoms with Gasteiger partial charge < -0.3 is 4.74 Å². The van der Waals surface area contributed by atoms with E-state index in [0.717, 1.165) is 11.3 Å². The van der Waals surface area contributed by atoms with Crippen molar-refractivity contribution in [2.45, 2.75) is 6.61 Å². The van der Waals surface area contributed by atoms with Crippen LogP contribution in [-0.2, 0) is 16.1 Å². The third-order valence-electron chi connectivity index (χ3n) is 3.07. The average Bonchev–Trinajstić information content (AvgIpc) is 3.09. The predicted molar refractivity (Wildman–Crippen MR) is 89.5 cm³/mol. The molecule has 0 unspecified atom stereocenters. The maximum Gasteiger partial charge on any atom is 0.385 e. The van der Waals surface area contributed by atoms with Crippen LogP contribution in [0.1, 0.15) is 11.3 Å². The van der Waals surface area contributed by atoms with E-state index in [4.69, 9.17) is 16.3 Å². The number of carbonyl (C=O) groups is 1. The molecule has 2 aromatic carbocycles. The summed E-state index contributed by atoms with van der Waals surface area (Å²) in [6.07, 6.45) is 1.68. The molecule has 0 saturated heterocycles. The second-order valence-corrected chi connectivity index (χ2v) is 5.26. The summed E-state index contributed by atoms with van der Waals surface area (Å²) in [7, 11) is 0. The number of nitrogens with zero attached hydrogens (tertiary/aromatic N) is 3. The minimum Gasteiger partial charge on any atom is -0.449 e. The molecule has 0 radical (unpaired) electrons. The lowest BCUT2D eigenvalue weighted by molar-refractivity contribution is -0.138. The molecule has 0 atom stereocenters. The molecule has 118 valence electrons. The number of hydrogen-bond donors (Lipinski definition) is 0. The normalized spacial score (nSPS) is 9.88. The smallest absolute Gasteiger partial charge is 0.385 e. The Kier molecular flexibility index (Phi) is 4.90. The minimum atomic E-state index is -0.611. The Labute approximate surface area is 143 Å². The van der Waals surface area contributed by atoms with Crippen LogP contribution < -0.4 is 0 Å². The van der Waals surface area contributed by atoms with Crippen molar-refractivity contribution >= 4 is 17.6 Å². The van der Waals surface area contributed by atoms with Crippen LogP contribution in [0.2, 0.25) is 5.02 Å². The van der Waals surface area contributed by atoms with Crippen LogP contribution in [0.4, 0.5) is 0 Å². The van der Waals surface area contributed by atoms with Crippen molar-refractivity contribution in [2.24, 2.45) is 0 Å². The van der Waals surface area contributed by atoms with Crippen LogP contribution in [0.5, 0.6) is 0 Å². The number of halogens is 1. The van der Waals surface area contributed by atoms with E-state index >= 15 is 0 Å². The zero-order valence-electron chi connectivity index (χ0n) is 12.5. The van der Waals surface area contributed by atoms with Crippen molar-refractivity contribution in [3.05, 3.63) is 77.1 Å². The summed E-state index contributed by atoms with van der Waals surface area (Å²) in [5.41, 5.74) is 2.09. The number of ether oxygens (including phenoxy) is 1. The summed E-state index contributed by atoms with van der Waals surface area (Å²) in [6, 6.07) is 16.4. The quantitative estimate of drug-likeness (QED) is 0.544. The first-order chi connectivity index (χ1) is 11.7. The SMILES string of the molecule is O=C(C#Cc1ccccc1)OCc1cn(-c2ccc(Cl)cc2)nn1. The van der Waals surface area contributed by atoms with Gasteiger partial charge in [0, 0.05) is 16.5 Å². The van der Waals surface area contributed by atoms with E-state index in [-0.39, 0.29) is 6.61 Å². The second kappa shape index (κ2) is 7.44. The standard InChI is InChI=1S/C18H12ClN3O2/c19-15-7-9-17(10-8-15)22-12-16(20-21-22)13-24-18(23)11-6-14-4-2-1-3-5-14/h1-5,7-10,12H,13H2. The van der Waals surface area contributed by atoms with Gasteiger partial charge in [-0.05, 0) is 36.4 Å².